The molecule has 0 saturated carbocycles. The van der Waals surface area contributed by atoms with E-state index in [1.54, 1.807) is 0 Å². The quantitative estimate of drug-likeness (QED) is 0.839. The monoisotopic (exact) mass is 377 g/mol. The number of fused-ring (bicyclic) bond motifs is 1. The summed E-state index contributed by atoms with van der Waals surface area (Å²) < 4.78 is 0. The highest BCUT2D eigenvalue weighted by Crippen LogP contribution is 2.19. The number of carbonyl (C=O) groups excluding carboxylic acids is 1. The number of carbonyl (C=O) groups is 1. The molecule has 1 aromatic heterocycles. The topological polar surface area (TPSA) is 64.3 Å². The van der Waals surface area contributed by atoms with Gasteiger partial charge in [-0.15, -0.1) is 24.8 Å². The van der Waals surface area contributed by atoms with Gasteiger partial charge in [0.05, 0.1) is 0 Å². The lowest BCUT2D eigenvalue weighted by atomic mass is 10.00. The van der Waals surface area contributed by atoms with E-state index in [1.807, 2.05) is 11.9 Å². The molecule has 138 valence electrons. The number of hydrogen-bond acceptors (Lipinski definition) is 4. The van der Waals surface area contributed by atoms with E-state index in [-0.39, 0.29) is 30.7 Å². The maximum Gasteiger partial charge on any atom is 0.274 e. The van der Waals surface area contributed by atoms with E-state index in [0.717, 1.165) is 43.7 Å². The third-order valence-electron chi connectivity index (χ3n) is 5.07. The molecule has 1 atom stereocenters. The number of aromatic amines is 1. The molecule has 0 spiro atoms. The third-order valence-corrected chi connectivity index (χ3v) is 5.07. The fraction of sp³-hybridized carbons (Fsp3) is 0.750. The maximum atomic E-state index is 12.6. The van der Waals surface area contributed by atoms with Crippen LogP contribution in [-0.2, 0) is 13.0 Å². The number of hydrogen-bond donors (Lipinski definition) is 2. The number of rotatable bonds is 4. The molecule has 3 rings (SSSR count). The lowest BCUT2D eigenvalue weighted by Crippen LogP contribution is -2.39. The van der Waals surface area contributed by atoms with E-state index >= 15 is 0 Å². The molecule has 1 amide bonds. The van der Waals surface area contributed by atoms with Crippen molar-refractivity contribution in [1.29, 1.82) is 0 Å². The van der Waals surface area contributed by atoms with Crippen molar-refractivity contribution in [2.24, 2.45) is 0 Å². The lowest BCUT2D eigenvalue weighted by molar-refractivity contribution is 0.0763. The summed E-state index contributed by atoms with van der Waals surface area (Å²) in [4.78, 5) is 16.9. The number of H-pyrrole nitrogens is 1. The molecule has 2 N–H and O–H groups in total. The second-order valence-electron chi connectivity index (χ2n) is 6.60. The van der Waals surface area contributed by atoms with E-state index in [0.29, 0.717) is 11.7 Å². The first-order valence-electron chi connectivity index (χ1n) is 8.39. The van der Waals surface area contributed by atoms with Crippen molar-refractivity contribution in [3.63, 3.8) is 0 Å². The van der Waals surface area contributed by atoms with Crippen LogP contribution in [0.1, 0.15) is 47.4 Å². The van der Waals surface area contributed by atoms with Crippen molar-refractivity contribution in [2.45, 2.75) is 44.7 Å². The molecule has 0 aliphatic carbocycles. The summed E-state index contributed by atoms with van der Waals surface area (Å²) >= 11 is 0. The SMILES string of the molecule is CN(CCC1CCCCN1C)C(=O)c1n[nH]c2c1CNCC2.Cl.Cl. The minimum atomic E-state index is 0. The predicted molar refractivity (Wildman–Crippen MR) is 100 cm³/mol. The Kier molecular flexibility index (Phi) is 8.50. The summed E-state index contributed by atoms with van der Waals surface area (Å²) in [7, 11) is 4.09. The van der Waals surface area contributed by atoms with Gasteiger partial charge in [0.25, 0.3) is 5.91 Å². The van der Waals surface area contributed by atoms with E-state index in [4.69, 9.17) is 0 Å². The van der Waals surface area contributed by atoms with E-state index in [9.17, 15) is 4.79 Å². The highest BCUT2D eigenvalue weighted by atomic mass is 35.5. The van der Waals surface area contributed by atoms with Gasteiger partial charge in [-0.25, -0.2) is 0 Å². The van der Waals surface area contributed by atoms with Gasteiger partial charge in [-0.05, 0) is 32.9 Å². The first-order chi connectivity index (χ1) is 10.7. The zero-order valence-corrected chi connectivity index (χ0v) is 16.1. The molecular formula is C16H29Cl2N5O. The predicted octanol–water partition coefficient (Wildman–Crippen LogP) is 1.85. The zero-order valence-electron chi connectivity index (χ0n) is 14.5. The van der Waals surface area contributed by atoms with Crippen LogP contribution < -0.4 is 5.32 Å². The Bertz CT molecular complexity index is 537. The normalized spacial score (nSPS) is 20.5. The molecule has 6 nitrogen and oxygen atoms in total. The Hall–Kier alpha value is -0.820. The second kappa shape index (κ2) is 9.61. The molecule has 1 aromatic rings. The average molecular weight is 378 g/mol. The Morgan fingerprint density at radius 3 is 2.92 bits per heavy atom. The number of amides is 1. The summed E-state index contributed by atoms with van der Waals surface area (Å²) in [6, 6.07) is 0.610. The minimum absolute atomic E-state index is 0. The fourth-order valence-corrected chi connectivity index (χ4v) is 3.54. The summed E-state index contributed by atoms with van der Waals surface area (Å²) in [5.41, 5.74) is 2.77. The fourth-order valence-electron chi connectivity index (χ4n) is 3.54. The van der Waals surface area contributed by atoms with Crippen molar-refractivity contribution in [1.82, 2.24) is 25.3 Å². The van der Waals surface area contributed by atoms with Crippen LogP contribution in [0.2, 0.25) is 0 Å². The Labute approximate surface area is 156 Å². The average Bonchev–Trinajstić information content (AvgIpc) is 2.97. The van der Waals surface area contributed by atoms with E-state index in [1.165, 1.54) is 25.8 Å². The molecule has 24 heavy (non-hydrogen) atoms. The zero-order chi connectivity index (χ0) is 15.5. The van der Waals surface area contributed by atoms with Crippen LogP contribution in [0.3, 0.4) is 0 Å². The largest absolute Gasteiger partial charge is 0.340 e. The van der Waals surface area contributed by atoms with Gasteiger partial charge in [0.2, 0.25) is 0 Å². The number of nitrogens with one attached hydrogen (secondary N) is 2. The van der Waals surface area contributed by atoms with Crippen LogP contribution in [0, 0.1) is 0 Å². The number of nitrogens with zero attached hydrogens (tertiary/aromatic N) is 3. The van der Waals surface area contributed by atoms with Crippen LogP contribution in [0.5, 0.6) is 0 Å². The third kappa shape index (κ3) is 4.63. The molecule has 2 aliphatic rings. The van der Waals surface area contributed by atoms with Crippen LogP contribution in [0.15, 0.2) is 0 Å². The molecule has 2 aliphatic heterocycles. The molecule has 0 aromatic carbocycles. The van der Waals surface area contributed by atoms with Gasteiger partial charge in [0.1, 0.15) is 0 Å². The summed E-state index contributed by atoms with van der Waals surface area (Å²) in [5, 5.41) is 10.6. The molecule has 3 heterocycles. The van der Waals surface area contributed by atoms with Crippen LogP contribution in [0.25, 0.3) is 0 Å². The molecule has 8 heteroatoms. The Morgan fingerprint density at radius 1 is 1.38 bits per heavy atom. The number of piperidine rings is 1. The summed E-state index contributed by atoms with van der Waals surface area (Å²) in [6.45, 7) is 3.67. The summed E-state index contributed by atoms with van der Waals surface area (Å²) in [5.74, 6) is 0.0414. The van der Waals surface area contributed by atoms with E-state index in [2.05, 4.69) is 27.5 Å². The maximum absolute atomic E-state index is 12.6. The number of halogens is 2. The van der Waals surface area contributed by atoms with Gasteiger partial charge in [-0.3, -0.25) is 9.89 Å². The smallest absolute Gasteiger partial charge is 0.274 e. The Balaban J connectivity index is 0.00000144. The van der Waals surface area contributed by atoms with Gasteiger partial charge < -0.3 is 15.1 Å². The minimum Gasteiger partial charge on any atom is -0.340 e. The molecule has 1 fully saturated rings. The van der Waals surface area contributed by atoms with Gasteiger partial charge in [0.15, 0.2) is 5.69 Å². The molecule has 1 unspecified atom stereocenters. The highest BCUT2D eigenvalue weighted by molar-refractivity contribution is 5.93. The van der Waals surface area contributed by atoms with Crippen molar-refractivity contribution >= 4 is 30.7 Å². The Morgan fingerprint density at radius 2 is 2.17 bits per heavy atom. The van der Waals surface area contributed by atoms with Crippen LogP contribution in [-0.4, -0.2) is 65.7 Å². The van der Waals surface area contributed by atoms with Crippen LogP contribution in [0.4, 0.5) is 0 Å². The molecule has 0 bridgehead atoms. The second-order valence-corrected chi connectivity index (χ2v) is 6.60. The lowest BCUT2D eigenvalue weighted by Gasteiger charge is -2.33. The van der Waals surface area contributed by atoms with Gasteiger partial charge in [0, 0.05) is 50.4 Å². The van der Waals surface area contributed by atoms with Gasteiger partial charge in [-0.1, -0.05) is 6.42 Å². The highest BCUT2D eigenvalue weighted by Gasteiger charge is 2.25. The number of aromatic nitrogens is 2. The van der Waals surface area contributed by atoms with Crippen LogP contribution >= 0.6 is 24.8 Å². The molecule has 1 saturated heterocycles. The molecular weight excluding hydrogens is 349 g/mol. The van der Waals surface area contributed by atoms with Crippen molar-refractivity contribution < 1.29 is 4.79 Å². The standard InChI is InChI=1S/C16H27N5O.2ClH/c1-20-9-4-3-5-12(20)7-10-21(2)16(22)15-13-11-17-8-6-14(13)18-19-15;;/h12,17H,3-11H2,1-2H3,(H,18,19);2*1H. The first-order valence-corrected chi connectivity index (χ1v) is 8.39. The summed E-state index contributed by atoms with van der Waals surface area (Å²) in [6.07, 6.45) is 5.83. The van der Waals surface area contributed by atoms with Crippen molar-refractivity contribution in [2.75, 3.05) is 33.7 Å². The first kappa shape index (κ1) is 21.2. The number of likely N-dealkylation sites (tertiary alicyclic amines) is 1. The molecule has 0 radical (unpaired) electrons. The van der Waals surface area contributed by atoms with Crippen molar-refractivity contribution in [3.8, 4) is 0 Å². The van der Waals surface area contributed by atoms with Gasteiger partial charge in [-0.2, -0.15) is 5.10 Å². The van der Waals surface area contributed by atoms with Gasteiger partial charge >= 0.3 is 0 Å². The van der Waals surface area contributed by atoms with Crippen molar-refractivity contribution in [3.05, 3.63) is 17.0 Å². The van der Waals surface area contributed by atoms with E-state index < -0.39 is 0 Å².